The number of aliphatic hydroxyl groups excluding tert-OH is 1. The Morgan fingerprint density at radius 3 is 2.62 bits per heavy atom. The van der Waals surface area contributed by atoms with Gasteiger partial charge in [0.25, 0.3) is 17.2 Å². The van der Waals surface area contributed by atoms with Gasteiger partial charge in [0.1, 0.15) is 0 Å². The number of halogens is 2. The molecule has 0 aliphatic carbocycles. The molecule has 2 rings (SSSR count). The van der Waals surface area contributed by atoms with Crippen molar-refractivity contribution in [2.45, 2.75) is 23.3 Å². The van der Waals surface area contributed by atoms with Gasteiger partial charge in [0.2, 0.25) is 0 Å². The molecular formula is C16H16F2N2O3S. The minimum atomic E-state index is -2.63. The molecule has 1 unspecified atom stereocenters. The first-order chi connectivity index (χ1) is 11.5. The van der Waals surface area contributed by atoms with Gasteiger partial charge >= 0.3 is 0 Å². The van der Waals surface area contributed by atoms with Crippen LogP contribution < -0.4 is 10.9 Å². The number of hydrogen-bond acceptors (Lipinski definition) is 4. The monoisotopic (exact) mass is 354 g/mol. The van der Waals surface area contributed by atoms with Crippen LogP contribution >= 0.6 is 11.8 Å². The average molecular weight is 354 g/mol. The van der Waals surface area contributed by atoms with Gasteiger partial charge in [-0.3, -0.25) is 9.59 Å². The third kappa shape index (κ3) is 5.17. The van der Waals surface area contributed by atoms with Crippen LogP contribution in [0.2, 0.25) is 0 Å². The first-order valence-electron chi connectivity index (χ1n) is 7.13. The predicted octanol–water partition coefficient (Wildman–Crippen LogP) is 1.95. The second-order valence-corrected chi connectivity index (χ2v) is 5.96. The van der Waals surface area contributed by atoms with Gasteiger partial charge in [0, 0.05) is 23.7 Å². The summed E-state index contributed by atoms with van der Waals surface area (Å²) in [4.78, 5) is 23.8. The molecule has 1 aromatic carbocycles. The maximum Gasteiger partial charge on any atom is 0.288 e. The SMILES string of the molecule is O=C(NCC(O)Cn1ccccc1=O)c1ccccc1SC(F)F. The summed E-state index contributed by atoms with van der Waals surface area (Å²) in [5, 5.41) is 12.4. The van der Waals surface area contributed by atoms with E-state index in [-0.39, 0.29) is 29.1 Å². The predicted molar refractivity (Wildman–Crippen MR) is 87.3 cm³/mol. The zero-order chi connectivity index (χ0) is 17.5. The van der Waals surface area contributed by atoms with E-state index in [0.717, 1.165) is 0 Å². The number of alkyl halides is 2. The quantitative estimate of drug-likeness (QED) is 0.746. The van der Waals surface area contributed by atoms with Crippen molar-refractivity contribution in [1.29, 1.82) is 0 Å². The van der Waals surface area contributed by atoms with Crippen LogP contribution in [0, 0.1) is 0 Å². The molecule has 1 amide bonds. The van der Waals surface area contributed by atoms with Crippen LogP contribution in [-0.4, -0.2) is 34.0 Å². The Kier molecular flexibility index (Phi) is 6.51. The Morgan fingerprint density at radius 2 is 1.92 bits per heavy atom. The Bertz CT molecular complexity index is 752. The normalized spacial score (nSPS) is 12.2. The van der Waals surface area contributed by atoms with E-state index in [1.807, 2.05) is 0 Å². The number of rotatable bonds is 7. The molecule has 0 bridgehead atoms. The molecule has 8 heteroatoms. The average Bonchev–Trinajstić information content (AvgIpc) is 2.55. The van der Waals surface area contributed by atoms with Gasteiger partial charge < -0.3 is 15.0 Å². The summed E-state index contributed by atoms with van der Waals surface area (Å²) in [6, 6.07) is 10.6. The van der Waals surface area contributed by atoms with Crippen LogP contribution in [0.1, 0.15) is 10.4 Å². The van der Waals surface area contributed by atoms with E-state index >= 15 is 0 Å². The Morgan fingerprint density at radius 1 is 1.21 bits per heavy atom. The molecule has 1 aromatic heterocycles. The van der Waals surface area contributed by atoms with Gasteiger partial charge in [-0.2, -0.15) is 8.78 Å². The van der Waals surface area contributed by atoms with Crippen LogP contribution in [0.3, 0.4) is 0 Å². The lowest BCUT2D eigenvalue weighted by molar-refractivity contribution is 0.0900. The lowest BCUT2D eigenvalue weighted by atomic mass is 10.2. The highest BCUT2D eigenvalue weighted by Gasteiger charge is 2.16. The number of nitrogens with zero attached hydrogens (tertiary/aromatic N) is 1. The Labute approximate surface area is 141 Å². The minimum absolute atomic E-state index is 0.0212. The molecule has 2 N–H and O–H groups in total. The largest absolute Gasteiger partial charge is 0.389 e. The van der Waals surface area contributed by atoms with Gasteiger partial charge in [-0.05, 0) is 18.2 Å². The number of carbonyl (C=O) groups is 1. The molecule has 1 heterocycles. The van der Waals surface area contributed by atoms with Crippen molar-refractivity contribution in [3.05, 3.63) is 64.6 Å². The summed E-state index contributed by atoms with van der Waals surface area (Å²) >= 11 is 0.290. The van der Waals surface area contributed by atoms with Crippen molar-refractivity contribution >= 4 is 17.7 Å². The molecule has 24 heavy (non-hydrogen) atoms. The zero-order valence-corrected chi connectivity index (χ0v) is 13.4. The Hall–Kier alpha value is -2.19. The summed E-state index contributed by atoms with van der Waals surface area (Å²) < 4.78 is 26.4. The molecule has 0 aliphatic rings. The molecule has 5 nitrogen and oxygen atoms in total. The van der Waals surface area contributed by atoms with Gasteiger partial charge in [0.15, 0.2) is 0 Å². The van der Waals surface area contributed by atoms with Crippen molar-refractivity contribution in [3.8, 4) is 0 Å². The lowest BCUT2D eigenvalue weighted by Crippen LogP contribution is -2.36. The smallest absolute Gasteiger partial charge is 0.288 e. The third-order valence-corrected chi connectivity index (χ3v) is 3.94. The van der Waals surface area contributed by atoms with Crippen molar-refractivity contribution in [1.82, 2.24) is 9.88 Å². The topological polar surface area (TPSA) is 71.3 Å². The summed E-state index contributed by atoms with van der Waals surface area (Å²) in [5.74, 6) is -3.19. The second-order valence-electron chi connectivity index (χ2n) is 4.93. The van der Waals surface area contributed by atoms with Crippen LogP contribution in [0.4, 0.5) is 8.78 Å². The highest BCUT2D eigenvalue weighted by molar-refractivity contribution is 7.99. The summed E-state index contributed by atoms with van der Waals surface area (Å²) in [5.41, 5.74) is -0.145. The molecule has 0 saturated carbocycles. The fourth-order valence-electron chi connectivity index (χ4n) is 2.06. The Balaban J connectivity index is 1.96. The molecule has 128 valence electrons. The number of carbonyl (C=O) groups excluding carboxylic acids is 1. The molecule has 0 aliphatic heterocycles. The molecule has 1 atom stereocenters. The number of thioether (sulfide) groups is 1. The summed E-state index contributed by atoms with van der Waals surface area (Å²) in [6.07, 6.45) is 0.547. The van der Waals surface area contributed by atoms with E-state index in [2.05, 4.69) is 5.32 Å². The fourth-order valence-corrected chi connectivity index (χ4v) is 2.70. The van der Waals surface area contributed by atoms with Crippen LogP contribution in [-0.2, 0) is 6.54 Å². The molecule has 0 fully saturated rings. The van der Waals surface area contributed by atoms with E-state index in [4.69, 9.17) is 0 Å². The van der Waals surface area contributed by atoms with Crippen molar-refractivity contribution in [3.63, 3.8) is 0 Å². The minimum Gasteiger partial charge on any atom is -0.389 e. The van der Waals surface area contributed by atoms with Gasteiger partial charge in [-0.15, -0.1) is 0 Å². The van der Waals surface area contributed by atoms with E-state index < -0.39 is 17.8 Å². The fraction of sp³-hybridized carbons (Fsp3) is 0.250. The second kappa shape index (κ2) is 8.60. The van der Waals surface area contributed by atoms with Crippen LogP contribution in [0.15, 0.2) is 58.4 Å². The van der Waals surface area contributed by atoms with Gasteiger partial charge in [0.05, 0.1) is 18.2 Å². The number of aliphatic hydroxyl groups is 1. The molecule has 2 aromatic rings. The number of pyridine rings is 1. The number of hydrogen-bond donors (Lipinski definition) is 2. The first kappa shape index (κ1) is 18.2. The summed E-state index contributed by atoms with van der Waals surface area (Å²) in [6.45, 7) is -0.0821. The number of aromatic nitrogens is 1. The number of benzene rings is 1. The van der Waals surface area contributed by atoms with Crippen molar-refractivity contribution < 1.29 is 18.7 Å². The number of amides is 1. The van der Waals surface area contributed by atoms with Gasteiger partial charge in [-0.25, -0.2) is 0 Å². The van der Waals surface area contributed by atoms with E-state index in [9.17, 15) is 23.5 Å². The van der Waals surface area contributed by atoms with Crippen molar-refractivity contribution in [2.24, 2.45) is 0 Å². The highest BCUT2D eigenvalue weighted by Crippen LogP contribution is 2.28. The van der Waals surface area contributed by atoms with Gasteiger partial charge in [-0.1, -0.05) is 30.0 Å². The standard InChI is InChI=1S/C16H16F2N2O3S/c17-16(18)24-13-6-2-1-5-12(13)15(23)19-9-11(21)10-20-8-4-3-7-14(20)22/h1-8,11,16,21H,9-10H2,(H,19,23). The first-order valence-corrected chi connectivity index (χ1v) is 8.01. The molecule has 0 radical (unpaired) electrons. The molecule has 0 saturated heterocycles. The van der Waals surface area contributed by atoms with Crippen LogP contribution in [0.25, 0.3) is 0 Å². The van der Waals surface area contributed by atoms with E-state index in [1.54, 1.807) is 24.3 Å². The number of nitrogens with one attached hydrogen (secondary N) is 1. The molecule has 0 spiro atoms. The van der Waals surface area contributed by atoms with E-state index in [1.165, 1.54) is 29.0 Å². The molecular weight excluding hydrogens is 338 g/mol. The third-order valence-electron chi connectivity index (χ3n) is 3.15. The zero-order valence-electron chi connectivity index (χ0n) is 12.6. The highest BCUT2D eigenvalue weighted by atomic mass is 32.2. The van der Waals surface area contributed by atoms with Crippen LogP contribution in [0.5, 0.6) is 0 Å². The maximum absolute atomic E-state index is 12.5. The van der Waals surface area contributed by atoms with E-state index in [0.29, 0.717) is 11.8 Å². The lowest BCUT2D eigenvalue weighted by Gasteiger charge is -2.14. The van der Waals surface area contributed by atoms with Crippen molar-refractivity contribution in [2.75, 3.05) is 6.54 Å². The maximum atomic E-state index is 12.5. The summed E-state index contributed by atoms with van der Waals surface area (Å²) in [7, 11) is 0.